The number of fused-ring (bicyclic) bond motifs is 1. The van der Waals surface area contributed by atoms with Crippen LogP contribution in [0.5, 0.6) is 5.75 Å². The minimum absolute atomic E-state index is 0.322. The number of aliphatic hydroxyl groups excluding tert-OH is 2. The summed E-state index contributed by atoms with van der Waals surface area (Å²) in [6.07, 6.45) is -3.39. The van der Waals surface area contributed by atoms with E-state index in [1.54, 1.807) is 13.8 Å². The molecule has 0 spiro atoms. The molecule has 0 aromatic heterocycles. The van der Waals surface area contributed by atoms with Gasteiger partial charge in [0.25, 0.3) is 0 Å². The maximum Gasteiger partial charge on any atom is 0.190 e. The fourth-order valence-corrected chi connectivity index (χ4v) is 3.15. The molecule has 2 fully saturated rings. The van der Waals surface area contributed by atoms with Crippen molar-refractivity contribution in [3.8, 4) is 5.75 Å². The molecule has 2 aliphatic rings. The lowest BCUT2D eigenvalue weighted by molar-refractivity contribution is -0.232. The Hall–Kier alpha value is -1.22. The summed E-state index contributed by atoms with van der Waals surface area (Å²) >= 11 is 0. The van der Waals surface area contributed by atoms with Gasteiger partial charge in [-0.05, 0) is 38.5 Å². The van der Waals surface area contributed by atoms with Crippen LogP contribution in [0.1, 0.15) is 26.3 Å². The Kier molecular flexibility index (Phi) is 5.62. The Balaban J connectivity index is 1.66. The van der Waals surface area contributed by atoms with E-state index in [1.165, 1.54) is 0 Å². The average Bonchev–Trinajstić information content (AvgIpc) is 3.05. The van der Waals surface area contributed by atoms with Crippen molar-refractivity contribution in [3.63, 3.8) is 0 Å². The van der Waals surface area contributed by atoms with Gasteiger partial charge in [-0.2, -0.15) is 0 Å². The van der Waals surface area contributed by atoms with Crippen LogP contribution in [-0.4, -0.2) is 59.9 Å². The summed E-state index contributed by atoms with van der Waals surface area (Å²) in [4.78, 5) is 0. The first-order valence-electron chi connectivity index (χ1n) is 8.57. The van der Waals surface area contributed by atoms with Crippen molar-refractivity contribution in [2.24, 2.45) is 0 Å². The molecule has 2 saturated heterocycles. The average molecular weight is 354 g/mol. The lowest BCUT2D eigenvalue weighted by Gasteiger charge is -2.28. The summed E-state index contributed by atoms with van der Waals surface area (Å²) in [5.74, 6) is 0.0314. The van der Waals surface area contributed by atoms with Gasteiger partial charge in [0.2, 0.25) is 0 Å². The van der Waals surface area contributed by atoms with Crippen molar-refractivity contribution in [2.45, 2.75) is 63.9 Å². The Morgan fingerprint density at radius 3 is 2.56 bits per heavy atom. The zero-order valence-electron chi connectivity index (χ0n) is 14.8. The molecule has 2 aliphatic heterocycles. The van der Waals surface area contributed by atoms with Crippen molar-refractivity contribution in [1.29, 1.82) is 0 Å². The van der Waals surface area contributed by atoms with E-state index in [-0.39, 0.29) is 0 Å². The van der Waals surface area contributed by atoms with Crippen LogP contribution in [0.2, 0.25) is 0 Å². The second kappa shape index (κ2) is 7.57. The molecule has 25 heavy (non-hydrogen) atoms. The van der Waals surface area contributed by atoms with E-state index < -0.39 is 43.1 Å². The van der Waals surface area contributed by atoms with Gasteiger partial charge in [-0.25, -0.2) is 0 Å². The van der Waals surface area contributed by atoms with Gasteiger partial charge < -0.3 is 33.9 Å². The first-order valence-corrected chi connectivity index (χ1v) is 8.57. The van der Waals surface area contributed by atoms with E-state index in [2.05, 4.69) is 0 Å². The second-order valence-electron chi connectivity index (χ2n) is 6.67. The maximum atomic E-state index is 10.0. The first-order chi connectivity index (χ1) is 11.9. The summed E-state index contributed by atoms with van der Waals surface area (Å²) in [6, 6.07) is 7.61. The summed E-state index contributed by atoms with van der Waals surface area (Å²) in [5.41, 5.74) is 0.960. The van der Waals surface area contributed by atoms with Gasteiger partial charge in [0.15, 0.2) is 12.1 Å². The molecule has 7 nitrogen and oxygen atoms in total. The van der Waals surface area contributed by atoms with Crippen LogP contribution in [0, 0.1) is 0 Å². The molecule has 0 unspecified atom stereocenters. The third kappa shape index (κ3) is 4.13. The highest BCUT2D eigenvalue weighted by Crippen LogP contribution is 2.39. The molecule has 2 heterocycles. The molecule has 0 aliphatic carbocycles. The second-order valence-corrected chi connectivity index (χ2v) is 6.67. The first kappa shape index (κ1) is 18.6. The normalized spacial score (nSPS) is 31.7. The van der Waals surface area contributed by atoms with Crippen LogP contribution in [-0.2, 0) is 25.6 Å². The van der Waals surface area contributed by atoms with Gasteiger partial charge in [-0.1, -0.05) is 12.1 Å². The lowest BCUT2D eigenvalue weighted by atomic mass is 10.1. The van der Waals surface area contributed by atoms with Gasteiger partial charge in [-0.15, -0.1) is 0 Å². The smallest absolute Gasteiger partial charge is 0.190 e. The number of aliphatic hydroxyl groups is 2. The van der Waals surface area contributed by atoms with Crippen molar-refractivity contribution < 1.29 is 33.9 Å². The monoisotopic (exact) mass is 354 g/mol. The summed E-state index contributed by atoms with van der Waals surface area (Å²) in [6.45, 7) is 6.06. The standard InChI is InChI=1S/C18H26O7/c1-4-21-12-7-5-11(6-8-12)10-22-15-14(13(20)9-19)23-17-16(15)24-18(2,3)25-17/h5-8,13-17,19-20H,4,9-10H2,1-3H3/t13-,14+,15-,16+,17+/m1/s1. The molecule has 0 saturated carbocycles. The van der Waals surface area contributed by atoms with Crippen molar-refractivity contribution in [2.75, 3.05) is 13.2 Å². The van der Waals surface area contributed by atoms with Crippen LogP contribution in [0.25, 0.3) is 0 Å². The molecular formula is C18H26O7. The van der Waals surface area contributed by atoms with E-state index >= 15 is 0 Å². The zero-order valence-corrected chi connectivity index (χ0v) is 14.8. The highest BCUT2D eigenvalue weighted by atomic mass is 16.8. The lowest BCUT2D eigenvalue weighted by Crippen LogP contribution is -2.44. The topological polar surface area (TPSA) is 86.6 Å². The molecule has 2 N–H and O–H groups in total. The van der Waals surface area contributed by atoms with E-state index in [0.717, 1.165) is 11.3 Å². The molecule has 0 bridgehead atoms. The fourth-order valence-electron chi connectivity index (χ4n) is 3.15. The molecule has 0 radical (unpaired) electrons. The molecule has 5 atom stereocenters. The van der Waals surface area contributed by atoms with E-state index in [9.17, 15) is 10.2 Å². The van der Waals surface area contributed by atoms with Gasteiger partial charge in [0.1, 0.15) is 30.2 Å². The van der Waals surface area contributed by atoms with Crippen molar-refractivity contribution in [3.05, 3.63) is 29.8 Å². The highest BCUT2D eigenvalue weighted by Gasteiger charge is 2.56. The number of ether oxygens (including phenoxy) is 5. The minimum Gasteiger partial charge on any atom is -0.494 e. The third-order valence-electron chi connectivity index (χ3n) is 4.27. The molecule has 1 aromatic carbocycles. The Morgan fingerprint density at radius 2 is 1.92 bits per heavy atom. The predicted octanol–water partition coefficient (Wildman–Crippen LogP) is 1.20. The molecular weight excluding hydrogens is 328 g/mol. The van der Waals surface area contributed by atoms with E-state index in [0.29, 0.717) is 13.2 Å². The summed E-state index contributed by atoms with van der Waals surface area (Å²) < 4.78 is 28.7. The largest absolute Gasteiger partial charge is 0.494 e. The van der Waals surface area contributed by atoms with Crippen LogP contribution < -0.4 is 4.74 Å². The highest BCUT2D eigenvalue weighted by molar-refractivity contribution is 5.26. The van der Waals surface area contributed by atoms with Crippen molar-refractivity contribution >= 4 is 0 Å². The number of benzene rings is 1. The SMILES string of the molecule is CCOc1ccc(CO[C@H]2[C@@H]3OC(C)(C)O[C@@H]3O[C@H]2[C@H](O)CO)cc1. The summed E-state index contributed by atoms with van der Waals surface area (Å²) in [7, 11) is 0. The summed E-state index contributed by atoms with van der Waals surface area (Å²) in [5, 5.41) is 19.3. The van der Waals surface area contributed by atoms with Gasteiger partial charge in [0.05, 0.1) is 19.8 Å². The Morgan fingerprint density at radius 1 is 1.20 bits per heavy atom. The van der Waals surface area contributed by atoms with Gasteiger partial charge >= 0.3 is 0 Å². The zero-order chi connectivity index (χ0) is 18.0. The maximum absolute atomic E-state index is 10.0. The van der Waals surface area contributed by atoms with Crippen LogP contribution in [0.15, 0.2) is 24.3 Å². The Labute approximate surface area is 147 Å². The Bertz CT molecular complexity index is 559. The van der Waals surface area contributed by atoms with Crippen LogP contribution >= 0.6 is 0 Å². The van der Waals surface area contributed by atoms with Crippen LogP contribution in [0.3, 0.4) is 0 Å². The number of hydrogen-bond acceptors (Lipinski definition) is 7. The van der Waals surface area contributed by atoms with Crippen molar-refractivity contribution in [1.82, 2.24) is 0 Å². The predicted molar refractivity (Wildman–Crippen MR) is 88.0 cm³/mol. The number of rotatable bonds is 7. The number of hydrogen-bond donors (Lipinski definition) is 2. The minimum atomic E-state index is -1.06. The molecule has 1 aromatic rings. The molecule has 140 valence electrons. The van der Waals surface area contributed by atoms with Crippen LogP contribution in [0.4, 0.5) is 0 Å². The van der Waals surface area contributed by atoms with E-state index in [4.69, 9.17) is 23.7 Å². The van der Waals surface area contributed by atoms with Gasteiger partial charge in [-0.3, -0.25) is 0 Å². The van der Waals surface area contributed by atoms with E-state index in [1.807, 2.05) is 31.2 Å². The van der Waals surface area contributed by atoms with Gasteiger partial charge in [0, 0.05) is 0 Å². The molecule has 0 amide bonds. The molecule has 7 heteroatoms. The third-order valence-corrected chi connectivity index (χ3v) is 4.27. The fraction of sp³-hybridized carbons (Fsp3) is 0.667. The quantitative estimate of drug-likeness (QED) is 0.761. The molecule has 3 rings (SSSR count).